The molecule has 4 nitrogen and oxygen atoms in total. The van der Waals surface area contributed by atoms with E-state index in [0.717, 1.165) is 6.42 Å². The first-order valence-electron chi connectivity index (χ1n) is 5.44. The van der Waals surface area contributed by atoms with Gasteiger partial charge in [-0.25, -0.2) is 0 Å². The Hall–Kier alpha value is -1.55. The Kier molecular flexibility index (Phi) is 3.33. The zero-order chi connectivity index (χ0) is 12.4. The van der Waals surface area contributed by atoms with Crippen LogP contribution in [0.15, 0.2) is 22.9 Å². The van der Waals surface area contributed by atoms with E-state index in [9.17, 15) is 4.79 Å². The van der Waals surface area contributed by atoms with Crippen molar-refractivity contribution in [3.05, 3.63) is 40.6 Å². The Bertz CT molecular complexity index is 542. The average Bonchev–Trinajstić information content (AvgIpc) is 2.86. The standard InChI is InChI=1S/C12H13ClN2O2/c1-3-4-15-11(10(13)6-14-15)12(16)9-5-8(2)17-7-9/h5-7H,3-4H2,1-2H3. The molecule has 5 heteroatoms. The number of aromatic nitrogens is 2. The fourth-order valence-electron chi connectivity index (χ4n) is 1.67. The first-order chi connectivity index (χ1) is 8.13. The SMILES string of the molecule is CCCn1ncc(Cl)c1C(=O)c1coc(C)c1. The summed E-state index contributed by atoms with van der Waals surface area (Å²) in [6.45, 7) is 4.48. The van der Waals surface area contributed by atoms with Gasteiger partial charge in [0, 0.05) is 6.54 Å². The predicted molar refractivity (Wildman–Crippen MR) is 64.4 cm³/mol. The van der Waals surface area contributed by atoms with Gasteiger partial charge in [0.25, 0.3) is 0 Å². The third kappa shape index (κ3) is 2.26. The Morgan fingerprint density at radius 2 is 2.35 bits per heavy atom. The van der Waals surface area contributed by atoms with Crippen LogP contribution in [0.1, 0.15) is 35.2 Å². The summed E-state index contributed by atoms with van der Waals surface area (Å²) < 4.78 is 6.76. The molecule has 2 aromatic rings. The molecule has 2 rings (SSSR count). The van der Waals surface area contributed by atoms with Crippen molar-refractivity contribution in [2.45, 2.75) is 26.8 Å². The third-order valence-electron chi connectivity index (χ3n) is 2.44. The molecule has 2 heterocycles. The topological polar surface area (TPSA) is 48.0 Å². The number of hydrogen-bond donors (Lipinski definition) is 0. The lowest BCUT2D eigenvalue weighted by atomic mass is 10.1. The second kappa shape index (κ2) is 4.75. The minimum atomic E-state index is -0.155. The summed E-state index contributed by atoms with van der Waals surface area (Å²) in [6, 6.07) is 1.70. The molecule has 17 heavy (non-hydrogen) atoms. The minimum Gasteiger partial charge on any atom is -0.469 e. The summed E-state index contributed by atoms with van der Waals surface area (Å²) in [6.07, 6.45) is 3.83. The second-order valence-corrected chi connectivity index (χ2v) is 4.25. The van der Waals surface area contributed by atoms with Crippen LogP contribution in [0.3, 0.4) is 0 Å². The first-order valence-corrected chi connectivity index (χ1v) is 5.82. The lowest BCUT2D eigenvalue weighted by Crippen LogP contribution is -2.11. The lowest BCUT2D eigenvalue weighted by Gasteiger charge is -2.04. The molecular weight excluding hydrogens is 240 g/mol. The molecule has 0 aromatic carbocycles. The van der Waals surface area contributed by atoms with Gasteiger partial charge in [-0.2, -0.15) is 5.10 Å². The normalized spacial score (nSPS) is 10.8. The van der Waals surface area contributed by atoms with E-state index in [1.807, 2.05) is 6.92 Å². The molecule has 0 fully saturated rings. The molecule has 0 saturated carbocycles. The van der Waals surface area contributed by atoms with Gasteiger partial charge in [0.1, 0.15) is 17.7 Å². The number of halogens is 1. The van der Waals surface area contributed by atoms with Gasteiger partial charge in [0.05, 0.1) is 16.8 Å². The van der Waals surface area contributed by atoms with Gasteiger partial charge < -0.3 is 4.42 Å². The van der Waals surface area contributed by atoms with Crippen LogP contribution < -0.4 is 0 Å². The van der Waals surface area contributed by atoms with Crippen LogP contribution in [0.2, 0.25) is 5.02 Å². The van der Waals surface area contributed by atoms with E-state index < -0.39 is 0 Å². The molecule has 0 N–H and O–H groups in total. The molecule has 0 amide bonds. The van der Waals surface area contributed by atoms with E-state index in [-0.39, 0.29) is 5.78 Å². The molecule has 0 unspecified atom stereocenters. The van der Waals surface area contributed by atoms with Crippen LogP contribution in [-0.4, -0.2) is 15.6 Å². The zero-order valence-corrected chi connectivity index (χ0v) is 10.5. The lowest BCUT2D eigenvalue weighted by molar-refractivity contribution is 0.102. The van der Waals surface area contributed by atoms with Gasteiger partial charge in [0.2, 0.25) is 5.78 Å². The molecule has 0 aliphatic heterocycles. The largest absolute Gasteiger partial charge is 0.469 e. The number of ketones is 1. The summed E-state index contributed by atoms with van der Waals surface area (Å²) >= 11 is 6.00. The molecule has 2 aromatic heterocycles. The van der Waals surface area contributed by atoms with E-state index in [1.54, 1.807) is 17.7 Å². The van der Waals surface area contributed by atoms with Crippen LogP contribution in [0.25, 0.3) is 0 Å². The van der Waals surface area contributed by atoms with Gasteiger partial charge in [-0.3, -0.25) is 9.48 Å². The summed E-state index contributed by atoms with van der Waals surface area (Å²) in [5.74, 6) is 0.545. The van der Waals surface area contributed by atoms with Gasteiger partial charge in [-0.05, 0) is 19.4 Å². The Morgan fingerprint density at radius 3 is 2.94 bits per heavy atom. The second-order valence-electron chi connectivity index (χ2n) is 3.84. The van der Waals surface area contributed by atoms with Gasteiger partial charge in [0.15, 0.2) is 0 Å². The monoisotopic (exact) mass is 252 g/mol. The summed E-state index contributed by atoms with van der Waals surface area (Å²) in [5.41, 5.74) is 0.927. The summed E-state index contributed by atoms with van der Waals surface area (Å²) in [7, 11) is 0. The van der Waals surface area contributed by atoms with E-state index in [2.05, 4.69) is 5.10 Å². The van der Waals surface area contributed by atoms with Crippen molar-refractivity contribution in [2.24, 2.45) is 0 Å². The van der Waals surface area contributed by atoms with E-state index in [0.29, 0.717) is 28.6 Å². The van der Waals surface area contributed by atoms with Gasteiger partial charge in [-0.15, -0.1) is 0 Å². The average molecular weight is 253 g/mol. The number of furan rings is 1. The molecule has 0 atom stereocenters. The van der Waals surface area contributed by atoms with Crippen molar-refractivity contribution in [1.82, 2.24) is 9.78 Å². The van der Waals surface area contributed by atoms with Crippen molar-refractivity contribution in [3.8, 4) is 0 Å². The van der Waals surface area contributed by atoms with Crippen LogP contribution >= 0.6 is 11.6 Å². The Labute approximate surface area is 104 Å². The number of nitrogens with zero attached hydrogens (tertiary/aromatic N) is 2. The van der Waals surface area contributed by atoms with Crippen molar-refractivity contribution < 1.29 is 9.21 Å². The number of carbonyl (C=O) groups excluding carboxylic acids is 1. The van der Waals surface area contributed by atoms with Crippen molar-refractivity contribution in [3.63, 3.8) is 0 Å². The zero-order valence-electron chi connectivity index (χ0n) is 9.74. The third-order valence-corrected chi connectivity index (χ3v) is 2.71. The van der Waals surface area contributed by atoms with Gasteiger partial charge >= 0.3 is 0 Å². The molecule has 0 radical (unpaired) electrons. The fourth-order valence-corrected chi connectivity index (χ4v) is 1.90. The van der Waals surface area contributed by atoms with Crippen LogP contribution in [0, 0.1) is 6.92 Å². The van der Waals surface area contributed by atoms with Crippen molar-refractivity contribution in [1.29, 1.82) is 0 Å². The van der Waals surface area contributed by atoms with E-state index in [1.165, 1.54) is 12.5 Å². The maximum absolute atomic E-state index is 12.2. The minimum absolute atomic E-state index is 0.155. The quantitative estimate of drug-likeness (QED) is 0.786. The number of hydrogen-bond acceptors (Lipinski definition) is 3. The number of aryl methyl sites for hydroxylation is 2. The highest BCUT2D eigenvalue weighted by Gasteiger charge is 2.20. The molecule has 90 valence electrons. The van der Waals surface area contributed by atoms with Crippen LogP contribution in [-0.2, 0) is 6.54 Å². The molecular formula is C12H13ClN2O2. The first kappa shape index (κ1) is 11.9. The molecule has 0 aliphatic carbocycles. The highest BCUT2D eigenvalue weighted by Crippen LogP contribution is 2.20. The van der Waals surface area contributed by atoms with E-state index in [4.69, 9.17) is 16.0 Å². The highest BCUT2D eigenvalue weighted by molar-refractivity contribution is 6.34. The molecule has 0 spiro atoms. The summed E-state index contributed by atoms with van der Waals surface area (Å²) in [4.78, 5) is 12.2. The van der Waals surface area contributed by atoms with Crippen molar-refractivity contribution in [2.75, 3.05) is 0 Å². The maximum atomic E-state index is 12.2. The fraction of sp³-hybridized carbons (Fsp3) is 0.333. The summed E-state index contributed by atoms with van der Waals surface area (Å²) in [5, 5.41) is 4.47. The number of carbonyl (C=O) groups is 1. The molecule has 0 bridgehead atoms. The number of rotatable bonds is 4. The smallest absolute Gasteiger partial charge is 0.215 e. The predicted octanol–water partition coefficient (Wildman–Crippen LogP) is 3.08. The maximum Gasteiger partial charge on any atom is 0.215 e. The van der Waals surface area contributed by atoms with Crippen molar-refractivity contribution >= 4 is 17.4 Å². The van der Waals surface area contributed by atoms with Gasteiger partial charge in [-0.1, -0.05) is 18.5 Å². The van der Waals surface area contributed by atoms with Crippen LogP contribution in [0.5, 0.6) is 0 Å². The van der Waals surface area contributed by atoms with Crippen LogP contribution in [0.4, 0.5) is 0 Å². The highest BCUT2D eigenvalue weighted by atomic mass is 35.5. The Morgan fingerprint density at radius 1 is 1.59 bits per heavy atom. The van der Waals surface area contributed by atoms with E-state index >= 15 is 0 Å². The molecule has 0 aliphatic rings. The Balaban J connectivity index is 2.39. The molecule has 0 saturated heterocycles.